The number of hydrogen-bond donors (Lipinski definition) is 0. The Balaban J connectivity index is 2.03. The Hall–Kier alpha value is -2.68. The average molecular weight is 274 g/mol. The molecule has 0 saturated carbocycles. The number of halogens is 2. The van der Waals surface area contributed by atoms with Gasteiger partial charge < -0.3 is 9.47 Å². The van der Waals surface area contributed by atoms with Crippen LogP contribution in [0, 0.1) is 18.3 Å². The van der Waals surface area contributed by atoms with E-state index in [-0.39, 0.29) is 11.5 Å². The fraction of sp³-hybridized carbons (Fsp3) is 0.143. The fourth-order valence-electron chi connectivity index (χ4n) is 1.91. The van der Waals surface area contributed by atoms with E-state index in [1.54, 1.807) is 25.1 Å². The average Bonchev–Trinajstić information content (AvgIpc) is 2.72. The third-order valence-corrected chi connectivity index (χ3v) is 2.90. The number of ether oxygens (including phenoxy) is 2. The first-order chi connectivity index (χ1) is 9.48. The summed E-state index contributed by atoms with van der Waals surface area (Å²) in [5.41, 5.74) is 2.13. The van der Waals surface area contributed by atoms with Gasteiger partial charge in [0.05, 0.1) is 5.69 Å². The zero-order valence-corrected chi connectivity index (χ0v) is 10.4. The number of alkyl halides is 2. The Morgan fingerprint density at radius 3 is 2.65 bits per heavy atom. The van der Waals surface area contributed by atoms with Gasteiger partial charge in [-0.05, 0) is 36.8 Å². The standard InChI is InChI=1S/C14H8F2N2O2/c1-8-2-4-10(18-11(8)7-17)9-3-5-12-13(6-9)20-14(15,16)19-12/h2-6H,1H3. The van der Waals surface area contributed by atoms with Crippen LogP contribution < -0.4 is 9.47 Å². The summed E-state index contributed by atoms with van der Waals surface area (Å²) in [6.45, 7) is 1.77. The molecule has 4 nitrogen and oxygen atoms in total. The van der Waals surface area contributed by atoms with Gasteiger partial charge in [-0.15, -0.1) is 8.78 Å². The van der Waals surface area contributed by atoms with Gasteiger partial charge >= 0.3 is 6.29 Å². The van der Waals surface area contributed by atoms with Gasteiger partial charge in [0.2, 0.25) is 0 Å². The number of hydrogen-bond acceptors (Lipinski definition) is 4. The van der Waals surface area contributed by atoms with Crippen LogP contribution in [0.25, 0.3) is 11.3 Å². The van der Waals surface area contributed by atoms with Gasteiger partial charge in [0, 0.05) is 5.56 Å². The number of nitrogens with zero attached hydrogens (tertiary/aromatic N) is 2. The highest BCUT2D eigenvalue weighted by Gasteiger charge is 2.43. The minimum atomic E-state index is -3.64. The van der Waals surface area contributed by atoms with Crippen molar-refractivity contribution in [2.75, 3.05) is 0 Å². The van der Waals surface area contributed by atoms with Crippen molar-refractivity contribution in [3.8, 4) is 28.8 Å². The van der Waals surface area contributed by atoms with E-state index in [0.29, 0.717) is 17.0 Å². The number of nitriles is 1. The third kappa shape index (κ3) is 2.03. The maximum atomic E-state index is 12.9. The second-order valence-electron chi connectivity index (χ2n) is 4.30. The van der Waals surface area contributed by atoms with Crippen molar-refractivity contribution < 1.29 is 18.3 Å². The number of fused-ring (bicyclic) bond motifs is 1. The quantitative estimate of drug-likeness (QED) is 0.801. The molecule has 2 heterocycles. The SMILES string of the molecule is Cc1ccc(-c2ccc3c(c2)OC(F)(F)O3)nc1C#N. The summed E-state index contributed by atoms with van der Waals surface area (Å²) in [7, 11) is 0. The summed E-state index contributed by atoms with van der Waals surface area (Å²) in [4.78, 5) is 4.18. The molecule has 1 aliphatic heterocycles. The molecule has 6 heteroatoms. The van der Waals surface area contributed by atoms with Crippen LogP contribution in [-0.2, 0) is 0 Å². The molecular formula is C14H8F2N2O2. The lowest BCUT2D eigenvalue weighted by Crippen LogP contribution is -2.25. The Morgan fingerprint density at radius 2 is 1.90 bits per heavy atom. The van der Waals surface area contributed by atoms with Gasteiger partial charge in [-0.25, -0.2) is 4.98 Å². The van der Waals surface area contributed by atoms with E-state index in [9.17, 15) is 8.78 Å². The smallest absolute Gasteiger partial charge is 0.395 e. The Kier molecular flexibility index (Phi) is 2.57. The first-order valence-electron chi connectivity index (χ1n) is 5.76. The summed E-state index contributed by atoms with van der Waals surface area (Å²) in [5, 5.41) is 8.96. The molecule has 0 radical (unpaired) electrons. The van der Waals surface area contributed by atoms with Crippen molar-refractivity contribution in [3.63, 3.8) is 0 Å². The molecule has 1 aromatic carbocycles. The van der Waals surface area contributed by atoms with Crippen molar-refractivity contribution >= 4 is 0 Å². The molecule has 0 atom stereocenters. The first kappa shape index (κ1) is 12.4. The molecule has 100 valence electrons. The molecule has 1 aromatic heterocycles. The van der Waals surface area contributed by atoms with Gasteiger partial charge in [-0.1, -0.05) is 6.07 Å². The molecule has 2 aromatic rings. The minimum absolute atomic E-state index is 0.0219. The lowest BCUT2D eigenvalue weighted by Gasteiger charge is -2.05. The highest BCUT2D eigenvalue weighted by molar-refractivity contribution is 5.65. The fourth-order valence-corrected chi connectivity index (χ4v) is 1.91. The van der Waals surface area contributed by atoms with Crippen molar-refractivity contribution in [3.05, 3.63) is 41.6 Å². The zero-order chi connectivity index (χ0) is 14.3. The molecule has 0 aliphatic carbocycles. The maximum absolute atomic E-state index is 12.9. The van der Waals surface area contributed by atoms with Gasteiger partial charge in [0.1, 0.15) is 11.8 Å². The monoisotopic (exact) mass is 274 g/mol. The van der Waals surface area contributed by atoms with Crippen LogP contribution in [0.5, 0.6) is 11.5 Å². The van der Waals surface area contributed by atoms with Crippen LogP contribution in [0.4, 0.5) is 8.78 Å². The second-order valence-corrected chi connectivity index (χ2v) is 4.30. The molecule has 0 fully saturated rings. The van der Waals surface area contributed by atoms with Crippen LogP contribution in [0.1, 0.15) is 11.3 Å². The van der Waals surface area contributed by atoms with E-state index in [1.807, 2.05) is 6.07 Å². The molecule has 0 N–H and O–H groups in total. The van der Waals surface area contributed by atoms with E-state index in [4.69, 9.17) is 5.26 Å². The number of aromatic nitrogens is 1. The second kappa shape index (κ2) is 4.17. The Morgan fingerprint density at radius 1 is 1.15 bits per heavy atom. The number of pyridine rings is 1. The van der Waals surface area contributed by atoms with Gasteiger partial charge in [-0.3, -0.25) is 0 Å². The van der Waals surface area contributed by atoms with E-state index in [0.717, 1.165) is 5.56 Å². The number of rotatable bonds is 1. The molecule has 20 heavy (non-hydrogen) atoms. The highest BCUT2D eigenvalue weighted by atomic mass is 19.3. The van der Waals surface area contributed by atoms with Crippen molar-refractivity contribution in [2.45, 2.75) is 13.2 Å². The normalized spacial score (nSPS) is 14.9. The highest BCUT2D eigenvalue weighted by Crippen LogP contribution is 2.42. The molecular weight excluding hydrogens is 266 g/mol. The van der Waals surface area contributed by atoms with Gasteiger partial charge in [0.15, 0.2) is 11.5 Å². The lowest BCUT2D eigenvalue weighted by atomic mass is 10.1. The van der Waals surface area contributed by atoms with Crippen molar-refractivity contribution in [2.24, 2.45) is 0 Å². The summed E-state index contributed by atoms with van der Waals surface area (Å²) in [6.07, 6.45) is -3.64. The van der Waals surface area contributed by atoms with Crippen LogP contribution >= 0.6 is 0 Å². The molecule has 0 saturated heterocycles. The summed E-state index contributed by atoms with van der Waals surface area (Å²) in [5.74, 6) is -0.0697. The largest absolute Gasteiger partial charge is 0.586 e. The summed E-state index contributed by atoms with van der Waals surface area (Å²) in [6, 6.07) is 9.83. The van der Waals surface area contributed by atoms with E-state index in [2.05, 4.69) is 14.5 Å². The topological polar surface area (TPSA) is 55.1 Å². The number of aryl methyl sites for hydroxylation is 1. The van der Waals surface area contributed by atoms with Crippen LogP contribution in [0.15, 0.2) is 30.3 Å². The van der Waals surface area contributed by atoms with E-state index in [1.165, 1.54) is 12.1 Å². The first-order valence-corrected chi connectivity index (χ1v) is 5.76. The van der Waals surface area contributed by atoms with Gasteiger partial charge in [-0.2, -0.15) is 5.26 Å². The predicted octanol–water partition coefficient (Wildman–Crippen LogP) is 3.25. The molecule has 0 spiro atoms. The minimum Gasteiger partial charge on any atom is -0.395 e. The van der Waals surface area contributed by atoms with Crippen molar-refractivity contribution in [1.29, 1.82) is 5.26 Å². The van der Waals surface area contributed by atoms with Crippen molar-refractivity contribution in [1.82, 2.24) is 4.98 Å². The van der Waals surface area contributed by atoms with Crippen LogP contribution in [0.3, 0.4) is 0 Å². The third-order valence-electron chi connectivity index (χ3n) is 2.90. The molecule has 3 rings (SSSR count). The van der Waals surface area contributed by atoms with Crippen LogP contribution in [0.2, 0.25) is 0 Å². The molecule has 0 bridgehead atoms. The summed E-state index contributed by atoms with van der Waals surface area (Å²) >= 11 is 0. The molecule has 0 amide bonds. The zero-order valence-electron chi connectivity index (χ0n) is 10.4. The molecule has 1 aliphatic rings. The molecule has 0 unspecified atom stereocenters. The maximum Gasteiger partial charge on any atom is 0.586 e. The van der Waals surface area contributed by atoms with Gasteiger partial charge in [0.25, 0.3) is 0 Å². The Bertz CT molecular complexity index is 738. The van der Waals surface area contributed by atoms with Crippen LogP contribution in [-0.4, -0.2) is 11.3 Å². The predicted molar refractivity (Wildman–Crippen MR) is 65.3 cm³/mol. The summed E-state index contributed by atoms with van der Waals surface area (Å²) < 4.78 is 34.6. The van der Waals surface area contributed by atoms with E-state index >= 15 is 0 Å². The lowest BCUT2D eigenvalue weighted by molar-refractivity contribution is -0.286. The number of benzene rings is 1. The Labute approximate surface area is 113 Å². The van der Waals surface area contributed by atoms with E-state index < -0.39 is 6.29 Å².